The van der Waals surface area contributed by atoms with Crippen molar-refractivity contribution in [2.24, 2.45) is 0 Å². The zero-order valence-corrected chi connectivity index (χ0v) is 12.2. The van der Waals surface area contributed by atoms with Crippen LogP contribution in [-0.4, -0.2) is 40.5 Å². The summed E-state index contributed by atoms with van der Waals surface area (Å²) in [5.74, 6) is 2.24. The van der Waals surface area contributed by atoms with Crippen LogP contribution in [0.25, 0.3) is 0 Å². The average Bonchev–Trinajstić information content (AvgIpc) is 2.38. The number of nitrogens with zero attached hydrogens (tertiary/aromatic N) is 2. The Bertz CT molecular complexity index is 353. The highest BCUT2D eigenvalue weighted by molar-refractivity contribution is 7.99. The molecule has 0 aliphatic carbocycles. The second kappa shape index (κ2) is 7.00. The van der Waals surface area contributed by atoms with E-state index in [-0.39, 0.29) is 0 Å². The third-order valence-corrected chi connectivity index (χ3v) is 4.25. The summed E-state index contributed by atoms with van der Waals surface area (Å²) in [5.41, 5.74) is 1.32. The smallest absolute Gasteiger partial charge is 0.125 e. The highest BCUT2D eigenvalue weighted by Gasteiger charge is 2.16. The molecule has 2 heterocycles. The second-order valence-corrected chi connectivity index (χ2v) is 6.44. The summed E-state index contributed by atoms with van der Waals surface area (Å²) in [6.07, 6.45) is 3.14. The van der Waals surface area contributed by atoms with Crippen LogP contribution in [0.3, 0.4) is 0 Å². The predicted molar refractivity (Wildman–Crippen MR) is 80.2 cm³/mol. The van der Waals surface area contributed by atoms with Crippen LogP contribution in [0.1, 0.15) is 25.8 Å². The van der Waals surface area contributed by atoms with E-state index in [0.717, 1.165) is 30.6 Å². The number of nitrogens with one attached hydrogen (secondary N) is 1. The molecule has 2 rings (SSSR count). The lowest BCUT2D eigenvalue weighted by Gasteiger charge is -2.30. The van der Waals surface area contributed by atoms with Crippen LogP contribution in [0.5, 0.6) is 0 Å². The summed E-state index contributed by atoms with van der Waals surface area (Å²) in [6.45, 7) is 8.90. The number of aromatic nitrogens is 1. The lowest BCUT2D eigenvalue weighted by atomic mass is 10.2. The molecule has 18 heavy (non-hydrogen) atoms. The molecule has 4 heteroatoms. The molecule has 1 aromatic heterocycles. The molecule has 0 aromatic carbocycles. The molecule has 1 fully saturated rings. The van der Waals surface area contributed by atoms with Gasteiger partial charge in [-0.15, -0.1) is 0 Å². The fraction of sp³-hybridized carbons (Fsp3) is 0.643. The molecule has 0 bridgehead atoms. The molecule has 0 radical (unpaired) electrons. The molecule has 0 spiro atoms. The predicted octanol–water partition coefficient (Wildman–Crippen LogP) is 2.84. The highest BCUT2D eigenvalue weighted by atomic mass is 32.2. The molecule has 1 aliphatic heterocycles. The molecular weight excluding hydrogens is 242 g/mol. The Morgan fingerprint density at radius 3 is 3.06 bits per heavy atom. The summed E-state index contributed by atoms with van der Waals surface area (Å²) < 4.78 is 0. The van der Waals surface area contributed by atoms with Crippen molar-refractivity contribution in [3.8, 4) is 0 Å². The SMILES string of the molecule is CCCNc1ccc(CN2CCSC(C)C2)cn1. The van der Waals surface area contributed by atoms with Crippen molar-refractivity contribution in [2.45, 2.75) is 32.1 Å². The fourth-order valence-electron chi connectivity index (χ4n) is 2.17. The number of rotatable bonds is 5. The van der Waals surface area contributed by atoms with Gasteiger partial charge in [0.05, 0.1) is 0 Å². The van der Waals surface area contributed by atoms with Crippen LogP contribution in [0.2, 0.25) is 0 Å². The minimum atomic E-state index is 0.761. The van der Waals surface area contributed by atoms with E-state index >= 15 is 0 Å². The van der Waals surface area contributed by atoms with Crippen LogP contribution >= 0.6 is 11.8 Å². The standard InChI is InChI=1S/C14H23N3S/c1-3-6-15-14-5-4-13(9-16-14)11-17-7-8-18-12(2)10-17/h4-5,9,12H,3,6-8,10-11H2,1-2H3,(H,15,16). The van der Waals surface area contributed by atoms with Gasteiger partial charge >= 0.3 is 0 Å². The number of anilines is 1. The van der Waals surface area contributed by atoms with Crippen LogP contribution in [-0.2, 0) is 6.54 Å². The third kappa shape index (κ3) is 4.18. The normalized spacial score (nSPS) is 20.9. The molecule has 100 valence electrons. The zero-order valence-electron chi connectivity index (χ0n) is 11.4. The molecule has 1 saturated heterocycles. The quantitative estimate of drug-likeness (QED) is 0.886. The van der Waals surface area contributed by atoms with Crippen molar-refractivity contribution in [1.29, 1.82) is 0 Å². The van der Waals surface area contributed by atoms with Gasteiger partial charge in [-0.2, -0.15) is 11.8 Å². The van der Waals surface area contributed by atoms with Crippen molar-refractivity contribution in [2.75, 3.05) is 30.7 Å². The monoisotopic (exact) mass is 265 g/mol. The van der Waals surface area contributed by atoms with E-state index in [4.69, 9.17) is 0 Å². The minimum absolute atomic E-state index is 0.761. The van der Waals surface area contributed by atoms with Crippen molar-refractivity contribution in [1.82, 2.24) is 9.88 Å². The summed E-state index contributed by atoms with van der Waals surface area (Å²) in [7, 11) is 0. The molecule has 0 amide bonds. The Morgan fingerprint density at radius 1 is 1.50 bits per heavy atom. The van der Waals surface area contributed by atoms with Crippen LogP contribution in [0.4, 0.5) is 5.82 Å². The van der Waals surface area contributed by atoms with Gasteiger partial charge in [0.25, 0.3) is 0 Å². The summed E-state index contributed by atoms with van der Waals surface area (Å²) in [5, 5.41) is 4.07. The lowest BCUT2D eigenvalue weighted by molar-refractivity contribution is 0.278. The Kier molecular flexibility index (Phi) is 5.32. The first-order chi connectivity index (χ1) is 8.78. The van der Waals surface area contributed by atoms with Gasteiger partial charge < -0.3 is 5.32 Å². The molecule has 1 aromatic rings. The highest BCUT2D eigenvalue weighted by Crippen LogP contribution is 2.19. The molecule has 1 atom stereocenters. The maximum absolute atomic E-state index is 4.46. The van der Waals surface area contributed by atoms with Crippen molar-refractivity contribution in [3.63, 3.8) is 0 Å². The summed E-state index contributed by atoms with van der Waals surface area (Å²) in [6, 6.07) is 4.28. The number of hydrogen-bond acceptors (Lipinski definition) is 4. The summed E-state index contributed by atoms with van der Waals surface area (Å²) in [4.78, 5) is 6.98. The third-order valence-electron chi connectivity index (χ3n) is 3.11. The Morgan fingerprint density at radius 2 is 2.39 bits per heavy atom. The van der Waals surface area contributed by atoms with Gasteiger partial charge in [0, 0.05) is 43.4 Å². The Hall–Kier alpha value is -0.740. The van der Waals surface area contributed by atoms with Gasteiger partial charge in [0.1, 0.15) is 5.82 Å². The molecule has 1 aliphatic rings. The van der Waals surface area contributed by atoms with E-state index in [1.807, 2.05) is 6.20 Å². The summed E-state index contributed by atoms with van der Waals surface area (Å²) >= 11 is 2.08. The van der Waals surface area contributed by atoms with E-state index in [2.05, 4.69) is 52.9 Å². The maximum atomic E-state index is 4.46. The second-order valence-electron chi connectivity index (χ2n) is 4.89. The number of thioether (sulfide) groups is 1. The minimum Gasteiger partial charge on any atom is -0.370 e. The lowest BCUT2D eigenvalue weighted by Crippen LogP contribution is -2.36. The topological polar surface area (TPSA) is 28.2 Å². The van der Waals surface area contributed by atoms with Crippen molar-refractivity contribution < 1.29 is 0 Å². The van der Waals surface area contributed by atoms with E-state index in [9.17, 15) is 0 Å². The first kappa shape index (κ1) is 13.7. The molecule has 0 saturated carbocycles. The van der Waals surface area contributed by atoms with Gasteiger partial charge in [-0.3, -0.25) is 4.90 Å². The Labute approximate surface area is 114 Å². The molecule has 1 N–H and O–H groups in total. The Balaban J connectivity index is 1.85. The largest absolute Gasteiger partial charge is 0.370 e. The van der Waals surface area contributed by atoms with Crippen LogP contribution in [0, 0.1) is 0 Å². The first-order valence-corrected chi connectivity index (χ1v) is 7.85. The van der Waals surface area contributed by atoms with Crippen molar-refractivity contribution >= 4 is 17.6 Å². The van der Waals surface area contributed by atoms with Gasteiger partial charge in [0.2, 0.25) is 0 Å². The average molecular weight is 265 g/mol. The zero-order chi connectivity index (χ0) is 12.8. The van der Waals surface area contributed by atoms with Crippen LogP contribution < -0.4 is 5.32 Å². The van der Waals surface area contributed by atoms with Gasteiger partial charge in [0.15, 0.2) is 0 Å². The van der Waals surface area contributed by atoms with E-state index in [0.29, 0.717) is 0 Å². The number of pyridine rings is 1. The number of hydrogen-bond donors (Lipinski definition) is 1. The maximum Gasteiger partial charge on any atom is 0.125 e. The van der Waals surface area contributed by atoms with Gasteiger partial charge in [-0.25, -0.2) is 4.98 Å². The van der Waals surface area contributed by atoms with Crippen LogP contribution in [0.15, 0.2) is 18.3 Å². The van der Waals surface area contributed by atoms with E-state index in [1.54, 1.807) is 0 Å². The molecule has 1 unspecified atom stereocenters. The first-order valence-electron chi connectivity index (χ1n) is 6.80. The molecule has 3 nitrogen and oxygen atoms in total. The fourth-order valence-corrected chi connectivity index (χ4v) is 3.25. The molecular formula is C14H23N3S. The van der Waals surface area contributed by atoms with E-state index < -0.39 is 0 Å². The van der Waals surface area contributed by atoms with Gasteiger partial charge in [-0.1, -0.05) is 19.9 Å². The van der Waals surface area contributed by atoms with Gasteiger partial charge in [-0.05, 0) is 18.1 Å². The van der Waals surface area contributed by atoms with Crippen molar-refractivity contribution in [3.05, 3.63) is 23.9 Å². The van der Waals surface area contributed by atoms with E-state index in [1.165, 1.54) is 24.4 Å².